The van der Waals surface area contributed by atoms with Crippen molar-refractivity contribution in [1.29, 1.82) is 0 Å². The van der Waals surface area contributed by atoms with Crippen LogP contribution in [-0.4, -0.2) is 37.0 Å². The Morgan fingerprint density at radius 3 is 2.32 bits per heavy atom. The number of rotatable bonds is 11. The summed E-state index contributed by atoms with van der Waals surface area (Å²) in [5, 5.41) is 14.9. The van der Waals surface area contributed by atoms with E-state index >= 15 is 0 Å². The molecule has 0 spiro atoms. The molecule has 0 aromatic heterocycles. The van der Waals surface area contributed by atoms with Crippen molar-refractivity contribution in [2.45, 2.75) is 53.0 Å². The largest absolute Gasteiger partial charge is 0.490 e. The second kappa shape index (κ2) is 11.6. The lowest BCUT2D eigenvalue weighted by Crippen LogP contribution is -2.40. The van der Waals surface area contributed by atoms with Crippen LogP contribution < -0.4 is 20.1 Å². The Morgan fingerprint density at radius 1 is 1.12 bits per heavy atom. The standard InChI is InChI=1S/C19H32N2O4/c1-5-9-24-17-8-7-15(12-18(17)25-10-6-2)20-19(23)21-16(13-22)11-14(3)4/h7-8,12,14,16,22H,5-6,9-11,13H2,1-4H3,(H2,20,21,23). The van der Waals surface area contributed by atoms with Gasteiger partial charge in [-0.05, 0) is 37.3 Å². The van der Waals surface area contributed by atoms with Gasteiger partial charge in [0.15, 0.2) is 11.5 Å². The highest BCUT2D eigenvalue weighted by atomic mass is 16.5. The number of nitrogens with one attached hydrogen (secondary N) is 2. The summed E-state index contributed by atoms with van der Waals surface area (Å²) in [5.41, 5.74) is 0.619. The topological polar surface area (TPSA) is 79.8 Å². The molecule has 0 saturated carbocycles. The molecule has 1 aromatic rings. The summed E-state index contributed by atoms with van der Waals surface area (Å²) in [4.78, 5) is 12.1. The highest BCUT2D eigenvalue weighted by Gasteiger charge is 2.14. The van der Waals surface area contributed by atoms with Crippen LogP contribution in [0.4, 0.5) is 10.5 Å². The van der Waals surface area contributed by atoms with Crippen LogP contribution in [0, 0.1) is 5.92 Å². The molecule has 0 aliphatic rings. The van der Waals surface area contributed by atoms with Crippen molar-refractivity contribution < 1.29 is 19.4 Å². The Labute approximate surface area is 150 Å². The second-order valence-corrected chi connectivity index (χ2v) is 6.47. The SMILES string of the molecule is CCCOc1ccc(NC(=O)NC(CO)CC(C)C)cc1OCCC. The van der Waals surface area contributed by atoms with Crippen molar-refractivity contribution in [3.63, 3.8) is 0 Å². The summed E-state index contributed by atoms with van der Waals surface area (Å²) >= 11 is 0. The minimum Gasteiger partial charge on any atom is -0.490 e. The maximum absolute atomic E-state index is 12.1. The quantitative estimate of drug-likeness (QED) is 0.566. The molecule has 6 nitrogen and oxygen atoms in total. The van der Waals surface area contributed by atoms with Crippen LogP contribution >= 0.6 is 0 Å². The molecule has 2 amide bonds. The lowest BCUT2D eigenvalue weighted by molar-refractivity contribution is 0.214. The van der Waals surface area contributed by atoms with E-state index in [4.69, 9.17) is 9.47 Å². The Kier molecular flexibility index (Phi) is 9.77. The van der Waals surface area contributed by atoms with E-state index in [1.54, 1.807) is 18.2 Å². The predicted molar refractivity (Wildman–Crippen MR) is 100 cm³/mol. The van der Waals surface area contributed by atoms with E-state index in [1.165, 1.54) is 0 Å². The molecule has 142 valence electrons. The van der Waals surface area contributed by atoms with Gasteiger partial charge >= 0.3 is 6.03 Å². The Morgan fingerprint density at radius 2 is 1.76 bits per heavy atom. The zero-order chi connectivity index (χ0) is 18.7. The van der Waals surface area contributed by atoms with Crippen molar-refractivity contribution in [2.24, 2.45) is 5.92 Å². The predicted octanol–water partition coefficient (Wildman–Crippen LogP) is 3.79. The van der Waals surface area contributed by atoms with Gasteiger partial charge in [-0.1, -0.05) is 27.7 Å². The van der Waals surface area contributed by atoms with Crippen molar-refractivity contribution in [1.82, 2.24) is 5.32 Å². The maximum Gasteiger partial charge on any atom is 0.319 e. The van der Waals surface area contributed by atoms with Gasteiger partial charge in [0.25, 0.3) is 0 Å². The van der Waals surface area contributed by atoms with Crippen molar-refractivity contribution in [3.05, 3.63) is 18.2 Å². The molecule has 1 unspecified atom stereocenters. The van der Waals surface area contributed by atoms with Gasteiger partial charge in [0.2, 0.25) is 0 Å². The molecular weight excluding hydrogens is 320 g/mol. The summed E-state index contributed by atoms with van der Waals surface area (Å²) < 4.78 is 11.4. The molecule has 0 aliphatic carbocycles. The fourth-order valence-electron chi connectivity index (χ4n) is 2.34. The smallest absolute Gasteiger partial charge is 0.319 e. The third-order valence-electron chi connectivity index (χ3n) is 3.44. The van der Waals surface area contributed by atoms with Gasteiger partial charge in [0.05, 0.1) is 25.9 Å². The molecule has 0 saturated heterocycles. The van der Waals surface area contributed by atoms with Gasteiger partial charge in [-0.15, -0.1) is 0 Å². The van der Waals surface area contributed by atoms with Crippen LogP contribution in [0.5, 0.6) is 11.5 Å². The average molecular weight is 352 g/mol. The van der Waals surface area contributed by atoms with Gasteiger partial charge in [0, 0.05) is 11.8 Å². The third-order valence-corrected chi connectivity index (χ3v) is 3.44. The first kappa shape index (κ1) is 21.1. The molecule has 0 aliphatic heterocycles. The molecule has 1 atom stereocenters. The number of urea groups is 1. The van der Waals surface area contributed by atoms with Crippen LogP contribution in [0.3, 0.4) is 0 Å². The van der Waals surface area contributed by atoms with Crippen LogP contribution in [0.15, 0.2) is 18.2 Å². The summed E-state index contributed by atoms with van der Waals surface area (Å²) in [5.74, 6) is 1.68. The number of amides is 2. The lowest BCUT2D eigenvalue weighted by Gasteiger charge is -2.19. The molecule has 1 aromatic carbocycles. The van der Waals surface area contributed by atoms with E-state index in [0.717, 1.165) is 19.3 Å². The van der Waals surface area contributed by atoms with Crippen molar-refractivity contribution in [2.75, 3.05) is 25.1 Å². The molecule has 0 fully saturated rings. The summed E-state index contributed by atoms with van der Waals surface area (Å²) in [6.45, 7) is 9.29. The molecule has 0 bridgehead atoms. The zero-order valence-corrected chi connectivity index (χ0v) is 15.8. The van der Waals surface area contributed by atoms with Gasteiger partial charge in [-0.2, -0.15) is 0 Å². The van der Waals surface area contributed by atoms with Crippen molar-refractivity contribution in [3.8, 4) is 11.5 Å². The van der Waals surface area contributed by atoms with E-state index in [-0.39, 0.29) is 18.7 Å². The molecule has 25 heavy (non-hydrogen) atoms. The first-order valence-electron chi connectivity index (χ1n) is 9.08. The maximum atomic E-state index is 12.1. The van der Waals surface area contributed by atoms with Crippen LogP contribution in [0.25, 0.3) is 0 Å². The number of aliphatic hydroxyl groups is 1. The van der Waals surface area contributed by atoms with E-state index < -0.39 is 0 Å². The van der Waals surface area contributed by atoms with Gasteiger partial charge < -0.3 is 25.2 Å². The van der Waals surface area contributed by atoms with E-state index in [2.05, 4.69) is 24.5 Å². The summed E-state index contributed by atoms with van der Waals surface area (Å²) in [7, 11) is 0. The number of benzene rings is 1. The Bertz CT molecular complexity index is 520. The molecule has 1 rings (SSSR count). The highest BCUT2D eigenvalue weighted by Crippen LogP contribution is 2.31. The zero-order valence-electron chi connectivity index (χ0n) is 15.8. The molecule has 0 heterocycles. The van der Waals surface area contributed by atoms with E-state index in [9.17, 15) is 9.90 Å². The van der Waals surface area contributed by atoms with Crippen LogP contribution in [-0.2, 0) is 0 Å². The summed E-state index contributed by atoms with van der Waals surface area (Å²) in [6.07, 6.45) is 2.52. The summed E-state index contributed by atoms with van der Waals surface area (Å²) in [6, 6.07) is 4.73. The number of carbonyl (C=O) groups is 1. The Balaban J connectivity index is 2.74. The first-order valence-corrected chi connectivity index (χ1v) is 9.08. The Hall–Kier alpha value is -1.95. The molecule has 3 N–H and O–H groups in total. The molecule has 6 heteroatoms. The van der Waals surface area contributed by atoms with E-state index in [0.29, 0.717) is 36.3 Å². The fourth-order valence-corrected chi connectivity index (χ4v) is 2.34. The number of carbonyl (C=O) groups excluding carboxylic acids is 1. The van der Waals surface area contributed by atoms with E-state index in [1.807, 2.05) is 13.8 Å². The fraction of sp³-hybridized carbons (Fsp3) is 0.632. The van der Waals surface area contributed by atoms with Crippen molar-refractivity contribution >= 4 is 11.7 Å². The average Bonchev–Trinajstić information content (AvgIpc) is 2.57. The number of ether oxygens (including phenoxy) is 2. The number of hydrogen-bond acceptors (Lipinski definition) is 4. The first-order chi connectivity index (χ1) is 12.0. The molecular formula is C19H32N2O4. The van der Waals surface area contributed by atoms with Gasteiger partial charge in [0.1, 0.15) is 0 Å². The normalized spacial score (nSPS) is 11.9. The second-order valence-electron chi connectivity index (χ2n) is 6.47. The number of anilines is 1. The third kappa shape index (κ3) is 8.12. The monoisotopic (exact) mass is 352 g/mol. The number of aliphatic hydroxyl groups excluding tert-OH is 1. The van der Waals surface area contributed by atoms with Crippen LogP contribution in [0.1, 0.15) is 47.0 Å². The minimum absolute atomic E-state index is 0.0831. The number of hydrogen-bond donors (Lipinski definition) is 3. The molecule has 0 radical (unpaired) electrons. The van der Waals surface area contributed by atoms with Gasteiger partial charge in [-0.3, -0.25) is 0 Å². The minimum atomic E-state index is -0.344. The lowest BCUT2D eigenvalue weighted by atomic mass is 10.0. The van der Waals surface area contributed by atoms with Gasteiger partial charge in [-0.25, -0.2) is 4.79 Å². The van der Waals surface area contributed by atoms with Crippen LogP contribution in [0.2, 0.25) is 0 Å². The highest BCUT2D eigenvalue weighted by molar-refractivity contribution is 5.89.